The van der Waals surface area contributed by atoms with Gasteiger partial charge in [0.2, 0.25) is 0 Å². The molecule has 4 rings (SSSR count). The Morgan fingerprint density at radius 3 is 1.91 bits per heavy atom. The van der Waals surface area contributed by atoms with Gasteiger partial charge in [0.1, 0.15) is 0 Å². The van der Waals surface area contributed by atoms with Crippen molar-refractivity contribution in [2.45, 2.75) is 19.8 Å². The summed E-state index contributed by atoms with van der Waals surface area (Å²) in [5, 5.41) is 11.2. The van der Waals surface area contributed by atoms with Crippen LogP contribution >= 0.6 is 11.6 Å². The number of ether oxygens (including phenoxy) is 2. The van der Waals surface area contributed by atoms with Crippen LogP contribution in [0.5, 0.6) is 11.5 Å². The number of benzene rings is 2. The second-order valence-electron chi connectivity index (χ2n) is 7.48. The Labute approximate surface area is 192 Å². The maximum Gasteiger partial charge on any atom is 0.343 e. The van der Waals surface area contributed by atoms with E-state index in [0.717, 1.165) is 0 Å². The van der Waals surface area contributed by atoms with Gasteiger partial charge in [-0.3, -0.25) is 19.8 Å². The second kappa shape index (κ2) is 8.87. The molecule has 10 heteroatoms. The minimum absolute atomic E-state index is 0.194. The Balaban J connectivity index is 1.78. The summed E-state index contributed by atoms with van der Waals surface area (Å²) >= 11 is 5.87. The van der Waals surface area contributed by atoms with Crippen LogP contribution in [0.3, 0.4) is 0 Å². The summed E-state index contributed by atoms with van der Waals surface area (Å²) < 4.78 is 11.0. The lowest BCUT2D eigenvalue weighted by molar-refractivity contribution is 0.0729. The van der Waals surface area contributed by atoms with Crippen molar-refractivity contribution in [3.63, 3.8) is 0 Å². The zero-order valence-corrected chi connectivity index (χ0v) is 18.8. The number of H-pyrrole nitrogens is 4. The van der Waals surface area contributed by atoms with Crippen molar-refractivity contribution in [2.75, 3.05) is 7.11 Å². The normalized spacial score (nSPS) is 11.1. The van der Waals surface area contributed by atoms with Crippen LogP contribution < -0.4 is 20.6 Å². The number of hydrogen-bond donors (Lipinski definition) is 4. The van der Waals surface area contributed by atoms with Crippen molar-refractivity contribution in [3.8, 4) is 11.5 Å². The van der Waals surface area contributed by atoms with E-state index in [-0.39, 0.29) is 22.6 Å². The Morgan fingerprint density at radius 1 is 0.848 bits per heavy atom. The molecule has 4 aromatic rings. The fourth-order valence-electron chi connectivity index (χ4n) is 3.78. The van der Waals surface area contributed by atoms with E-state index in [2.05, 4.69) is 20.4 Å². The first-order chi connectivity index (χ1) is 15.8. The van der Waals surface area contributed by atoms with Crippen molar-refractivity contribution >= 4 is 17.6 Å². The first-order valence-corrected chi connectivity index (χ1v) is 10.4. The highest BCUT2D eigenvalue weighted by Gasteiger charge is 2.29. The Morgan fingerprint density at radius 2 is 1.42 bits per heavy atom. The van der Waals surface area contributed by atoms with Gasteiger partial charge in [-0.1, -0.05) is 17.7 Å². The van der Waals surface area contributed by atoms with Gasteiger partial charge >= 0.3 is 5.97 Å². The van der Waals surface area contributed by atoms with Crippen LogP contribution in [0.15, 0.2) is 52.1 Å². The largest absolute Gasteiger partial charge is 0.493 e. The van der Waals surface area contributed by atoms with Crippen molar-refractivity contribution in [1.29, 1.82) is 0 Å². The molecule has 4 N–H and O–H groups in total. The predicted molar refractivity (Wildman–Crippen MR) is 123 cm³/mol. The molecular formula is C23H21ClN4O5. The van der Waals surface area contributed by atoms with Crippen molar-refractivity contribution in [2.24, 2.45) is 0 Å². The summed E-state index contributed by atoms with van der Waals surface area (Å²) in [4.78, 5) is 37.7. The summed E-state index contributed by atoms with van der Waals surface area (Å²) in [6.07, 6.45) is 0. The van der Waals surface area contributed by atoms with Gasteiger partial charge in [0.15, 0.2) is 11.5 Å². The predicted octanol–water partition coefficient (Wildman–Crippen LogP) is 3.40. The lowest BCUT2D eigenvalue weighted by Gasteiger charge is -2.18. The van der Waals surface area contributed by atoms with Crippen molar-refractivity contribution < 1.29 is 14.3 Å². The van der Waals surface area contributed by atoms with Gasteiger partial charge in [-0.15, -0.1) is 0 Å². The molecule has 2 aromatic heterocycles. The molecule has 0 aliphatic carbocycles. The number of halogens is 1. The van der Waals surface area contributed by atoms with E-state index < -0.39 is 11.9 Å². The number of hydrogen-bond acceptors (Lipinski definition) is 5. The van der Waals surface area contributed by atoms with Crippen LogP contribution in [-0.4, -0.2) is 33.5 Å². The lowest BCUT2D eigenvalue weighted by atomic mass is 9.85. The van der Waals surface area contributed by atoms with E-state index >= 15 is 0 Å². The molecule has 0 fully saturated rings. The number of aryl methyl sites for hydroxylation is 2. The highest BCUT2D eigenvalue weighted by atomic mass is 35.5. The molecule has 9 nitrogen and oxygen atoms in total. The van der Waals surface area contributed by atoms with E-state index in [1.165, 1.54) is 7.11 Å². The number of aromatic amines is 4. The summed E-state index contributed by atoms with van der Waals surface area (Å²) in [6.45, 7) is 3.49. The van der Waals surface area contributed by atoms with Crippen LogP contribution in [-0.2, 0) is 0 Å². The van der Waals surface area contributed by atoms with E-state index in [0.29, 0.717) is 38.7 Å². The second-order valence-corrected chi connectivity index (χ2v) is 7.91. The first kappa shape index (κ1) is 22.2. The molecule has 0 unspecified atom stereocenters. The monoisotopic (exact) mass is 468 g/mol. The van der Waals surface area contributed by atoms with Gasteiger partial charge in [-0.2, -0.15) is 0 Å². The molecule has 0 aliphatic heterocycles. The SMILES string of the molecule is COc1cc(C(c2c(C)[nH][nH]c2=O)c2c(C)[nH][nH]c2=O)ccc1OC(=O)c1ccc(Cl)cc1. The van der Waals surface area contributed by atoms with Gasteiger partial charge < -0.3 is 19.7 Å². The van der Waals surface area contributed by atoms with E-state index in [1.54, 1.807) is 56.3 Å². The fourth-order valence-corrected chi connectivity index (χ4v) is 3.90. The molecule has 0 atom stereocenters. The van der Waals surface area contributed by atoms with E-state index in [9.17, 15) is 14.4 Å². The molecule has 0 amide bonds. The number of methoxy groups -OCH3 is 1. The summed E-state index contributed by atoms with van der Waals surface area (Å²) in [5.74, 6) is -0.802. The third-order valence-corrected chi connectivity index (χ3v) is 5.66. The molecule has 0 aliphatic rings. The number of rotatable bonds is 6. The molecule has 0 spiro atoms. The van der Waals surface area contributed by atoms with Crippen LogP contribution in [0.4, 0.5) is 0 Å². The third-order valence-electron chi connectivity index (χ3n) is 5.41. The zero-order valence-electron chi connectivity index (χ0n) is 18.0. The molecule has 0 saturated carbocycles. The Kier molecular flexibility index (Phi) is 5.97. The van der Waals surface area contributed by atoms with Crippen molar-refractivity contribution in [3.05, 3.63) is 102 Å². The maximum absolute atomic E-state index is 12.6. The Bertz CT molecular complexity index is 1370. The van der Waals surface area contributed by atoms with E-state index in [4.69, 9.17) is 21.1 Å². The van der Waals surface area contributed by atoms with Gasteiger partial charge in [0.05, 0.1) is 23.8 Å². The minimum atomic E-state index is -0.690. The third kappa shape index (κ3) is 4.22. The van der Waals surface area contributed by atoms with Gasteiger partial charge in [-0.05, 0) is 55.8 Å². The standard InChI is InChI=1S/C23H21ClN4O5/c1-11-18(21(29)27-25-11)20(19-12(2)26-28-22(19)30)14-6-9-16(17(10-14)32-3)33-23(31)13-4-7-15(24)8-5-13/h4-10,20H,1-3H3,(H2,25,27,29)(H2,26,28,30). The van der Waals surface area contributed by atoms with Gasteiger partial charge in [0, 0.05) is 22.3 Å². The Hall–Kier alpha value is -3.98. The maximum atomic E-state index is 12.6. The smallest absolute Gasteiger partial charge is 0.343 e. The number of carbonyl (C=O) groups excluding carboxylic acids is 1. The first-order valence-electron chi connectivity index (χ1n) is 10.00. The number of carbonyl (C=O) groups is 1. The average molecular weight is 469 g/mol. The molecule has 0 saturated heterocycles. The fraction of sp³-hybridized carbons (Fsp3) is 0.174. The number of esters is 1. The zero-order chi connectivity index (χ0) is 23.7. The molecule has 0 bridgehead atoms. The van der Waals surface area contributed by atoms with Crippen LogP contribution in [0.2, 0.25) is 5.02 Å². The number of nitrogens with one attached hydrogen (secondary N) is 4. The minimum Gasteiger partial charge on any atom is -0.493 e. The highest BCUT2D eigenvalue weighted by Crippen LogP contribution is 2.37. The van der Waals surface area contributed by atoms with Crippen LogP contribution in [0, 0.1) is 13.8 Å². The van der Waals surface area contributed by atoms with Crippen LogP contribution in [0.25, 0.3) is 0 Å². The van der Waals surface area contributed by atoms with Crippen LogP contribution in [0.1, 0.15) is 44.4 Å². The molecule has 170 valence electrons. The summed E-state index contributed by atoms with van der Waals surface area (Å²) in [6, 6.07) is 11.2. The number of aromatic nitrogens is 4. The van der Waals surface area contributed by atoms with Gasteiger partial charge in [-0.25, -0.2) is 4.79 Å². The lowest BCUT2D eigenvalue weighted by Crippen LogP contribution is -2.20. The summed E-state index contributed by atoms with van der Waals surface area (Å²) in [7, 11) is 1.44. The highest BCUT2D eigenvalue weighted by molar-refractivity contribution is 6.30. The average Bonchev–Trinajstić information content (AvgIpc) is 3.31. The van der Waals surface area contributed by atoms with Crippen molar-refractivity contribution in [1.82, 2.24) is 20.4 Å². The molecule has 0 radical (unpaired) electrons. The molecule has 2 heterocycles. The quantitative estimate of drug-likeness (QED) is 0.254. The molecule has 33 heavy (non-hydrogen) atoms. The molecule has 2 aromatic carbocycles. The van der Waals surface area contributed by atoms with E-state index in [1.807, 2.05) is 0 Å². The topological polar surface area (TPSA) is 133 Å². The molecular weight excluding hydrogens is 448 g/mol. The van der Waals surface area contributed by atoms with Gasteiger partial charge in [0.25, 0.3) is 11.1 Å². The summed E-state index contributed by atoms with van der Waals surface area (Å²) in [5.41, 5.74) is 2.26.